The molecular weight excluding hydrogens is 790 g/mol. The lowest BCUT2D eigenvalue weighted by atomic mass is 10.1. The van der Waals surface area contributed by atoms with Gasteiger partial charge in [-0.25, -0.2) is 18.1 Å². The van der Waals surface area contributed by atoms with Gasteiger partial charge in [0.05, 0.1) is 50.0 Å². The number of nitrogen functional groups attached to an aromatic ring is 1. The number of hydrogen-bond donors (Lipinski definition) is 1. The summed E-state index contributed by atoms with van der Waals surface area (Å²) in [5, 5.41) is 8.19. The van der Waals surface area contributed by atoms with E-state index in [0.717, 1.165) is 6.26 Å². The maximum absolute atomic E-state index is 13.3. The van der Waals surface area contributed by atoms with E-state index in [9.17, 15) is 22.3 Å². The van der Waals surface area contributed by atoms with Crippen LogP contribution in [-0.4, -0.2) is 91.2 Å². The molecule has 2 heterocycles. The number of hydrogen-bond acceptors (Lipinski definition) is 16. The van der Waals surface area contributed by atoms with Gasteiger partial charge < -0.3 is 38.0 Å². The molecule has 0 spiro atoms. The molecule has 0 bridgehead atoms. The molecule has 2 N–H and O–H groups in total. The van der Waals surface area contributed by atoms with Crippen LogP contribution in [0.1, 0.15) is 58.1 Å². The number of aromatic nitrogens is 5. The predicted molar refractivity (Wildman–Crippen MR) is 211 cm³/mol. The lowest BCUT2D eigenvalue weighted by molar-refractivity contribution is 0.0914. The minimum atomic E-state index is -3.36. The summed E-state index contributed by atoms with van der Waals surface area (Å²) in [5.74, 6) is 1.01. The third-order valence-corrected chi connectivity index (χ3v) is 12.0. The van der Waals surface area contributed by atoms with Crippen LogP contribution >= 0.6 is 15.2 Å². The van der Waals surface area contributed by atoms with Crippen LogP contribution < -0.4 is 15.2 Å². The minimum Gasteiger partial charge on any atom is -0.488 e. The number of nitrogens with zero attached hydrogens (tertiary/aromatic N) is 5. The number of carbonyl (C=O) groups excluding carboxylic acids is 1. The summed E-state index contributed by atoms with van der Waals surface area (Å²) in [6.45, 7) is 10.2. The molecule has 312 valence electrons. The first-order valence-corrected chi connectivity index (χ1v) is 22.6. The van der Waals surface area contributed by atoms with Crippen molar-refractivity contribution >= 4 is 36.8 Å². The van der Waals surface area contributed by atoms with E-state index in [4.69, 9.17) is 38.0 Å². The molecular formula is C35H54N6O12P2S. The maximum atomic E-state index is 13.3. The molecule has 0 aliphatic carbocycles. The zero-order valence-electron chi connectivity index (χ0n) is 32.0. The van der Waals surface area contributed by atoms with Gasteiger partial charge in [0.15, 0.2) is 15.6 Å². The van der Waals surface area contributed by atoms with Gasteiger partial charge in [0, 0.05) is 31.2 Å². The Morgan fingerprint density at radius 2 is 1.38 bits per heavy atom. The van der Waals surface area contributed by atoms with Crippen molar-refractivity contribution < 1.29 is 54.6 Å². The van der Waals surface area contributed by atoms with E-state index in [0.29, 0.717) is 48.3 Å². The Morgan fingerprint density at radius 3 is 1.88 bits per heavy atom. The molecule has 0 amide bonds. The minimum absolute atomic E-state index is 0. The fourth-order valence-corrected chi connectivity index (χ4v) is 8.54. The third kappa shape index (κ3) is 15.9. The number of nitrogens with two attached hydrogens (primary N) is 1. The zero-order valence-corrected chi connectivity index (χ0v) is 34.6. The summed E-state index contributed by atoms with van der Waals surface area (Å²) in [5.41, 5.74) is 6.13. The van der Waals surface area contributed by atoms with Crippen molar-refractivity contribution in [1.82, 2.24) is 24.5 Å². The van der Waals surface area contributed by atoms with Gasteiger partial charge in [-0.15, -0.1) is 5.10 Å². The third-order valence-electron chi connectivity index (χ3n) is 6.96. The lowest BCUT2D eigenvalue weighted by Crippen LogP contribution is -2.18. The second-order valence-corrected chi connectivity index (χ2v) is 17.7. The fourth-order valence-electron chi connectivity index (χ4n) is 4.85. The Morgan fingerprint density at radius 1 is 0.821 bits per heavy atom. The van der Waals surface area contributed by atoms with Crippen molar-refractivity contribution in [2.75, 3.05) is 52.1 Å². The summed E-state index contributed by atoms with van der Waals surface area (Å²) in [6.07, 6.45) is 3.77. The Kier molecular flexibility index (Phi) is 19.6. The fraction of sp³-hybridized carbons (Fsp3) is 0.486. The second-order valence-electron chi connectivity index (χ2n) is 11.7. The number of ketones is 1. The number of benzene rings is 2. The molecule has 0 aliphatic rings. The second kappa shape index (κ2) is 22.7. The first-order chi connectivity index (χ1) is 26.0. The van der Waals surface area contributed by atoms with Crippen molar-refractivity contribution in [3.05, 3.63) is 72.3 Å². The Balaban J connectivity index is 0.000000568. The van der Waals surface area contributed by atoms with E-state index in [-0.39, 0.29) is 62.4 Å². The van der Waals surface area contributed by atoms with Crippen molar-refractivity contribution in [2.24, 2.45) is 0 Å². The molecule has 0 radical (unpaired) electrons. The van der Waals surface area contributed by atoms with Crippen LogP contribution in [0.3, 0.4) is 0 Å². The van der Waals surface area contributed by atoms with Crippen LogP contribution in [0.25, 0.3) is 0 Å². The van der Waals surface area contributed by atoms with E-state index >= 15 is 0 Å². The lowest BCUT2D eigenvalue weighted by Gasteiger charge is -2.16. The predicted octanol–water partition coefficient (Wildman–Crippen LogP) is 6.86. The molecule has 1 atom stereocenters. The number of anilines is 1. The topological polar surface area (TPSA) is 225 Å². The quantitative estimate of drug-likeness (QED) is 0.0630. The summed E-state index contributed by atoms with van der Waals surface area (Å²) >= 11 is 0. The molecule has 4 aromatic rings. The highest BCUT2D eigenvalue weighted by molar-refractivity contribution is 7.90. The van der Waals surface area contributed by atoms with Gasteiger partial charge in [0.2, 0.25) is 5.95 Å². The number of Topliss-reactive ketones (excluding diaryl/α,β-unsaturated/α-hetero) is 1. The summed E-state index contributed by atoms with van der Waals surface area (Å²) in [4.78, 5) is 17.2. The molecule has 2 aromatic carbocycles. The van der Waals surface area contributed by atoms with E-state index in [1.807, 2.05) is 6.92 Å². The SMILES string of the molecule is C.CCOP(=O)(Cn1ccc(CC(=O)c2cc(Oc3ccc(S(C)(=O)=O)cc3)cc(O[C@@H](C)COC)c2)n1)OCC.CCOP(=O)(Cn1cnc(N)n1)OCC. The van der Waals surface area contributed by atoms with E-state index in [1.54, 1.807) is 65.3 Å². The molecule has 18 nitrogen and oxygen atoms in total. The highest BCUT2D eigenvalue weighted by Gasteiger charge is 2.26. The summed E-state index contributed by atoms with van der Waals surface area (Å²) in [6, 6.07) is 12.5. The Bertz CT molecular complexity index is 2000. The first kappa shape index (κ1) is 48.2. The molecule has 0 aliphatic heterocycles. The first-order valence-electron chi connectivity index (χ1n) is 17.3. The van der Waals surface area contributed by atoms with Gasteiger partial charge in [-0.2, -0.15) is 5.10 Å². The number of rotatable bonds is 22. The maximum Gasteiger partial charge on any atom is 0.351 e. The van der Waals surface area contributed by atoms with Gasteiger partial charge in [0.25, 0.3) is 0 Å². The number of methoxy groups -OCH3 is 1. The highest BCUT2D eigenvalue weighted by atomic mass is 32.2. The highest BCUT2D eigenvalue weighted by Crippen LogP contribution is 2.50. The molecule has 21 heteroatoms. The van der Waals surface area contributed by atoms with E-state index < -0.39 is 25.0 Å². The monoisotopic (exact) mass is 844 g/mol. The Labute approximate surface area is 328 Å². The van der Waals surface area contributed by atoms with Gasteiger partial charge in [-0.05, 0) is 77.1 Å². The molecule has 4 rings (SSSR count). The number of carbonyl (C=O) groups is 1. The van der Waals surface area contributed by atoms with Crippen molar-refractivity contribution in [2.45, 2.75) is 72.0 Å². The van der Waals surface area contributed by atoms with Gasteiger partial charge in [-0.3, -0.25) is 18.6 Å². The summed E-state index contributed by atoms with van der Waals surface area (Å²) < 4.78 is 89.0. The van der Waals surface area contributed by atoms with Gasteiger partial charge >= 0.3 is 15.2 Å². The van der Waals surface area contributed by atoms with Crippen LogP contribution in [0.15, 0.2) is 66.0 Å². The molecule has 0 fully saturated rings. The molecule has 0 saturated heterocycles. The van der Waals surface area contributed by atoms with Crippen molar-refractivity contribution in [3.63, 3.8) is 0 Å². The standard InChI is InChI=1S/C27H35N2O9PS.C7H15N4O3P.CH4/c1-6-35-39(31,36-7-2)19-29-13-12-22(28-29)16-27(30)21-14-24(37-20(3)18-34-4)17-25(15-21)38-23-8-10-26(11-9-23)40(5,32)33;1-3-13-15(12,14-4-2)6-11-5-9-7(8)10-11;/h8-15,17,20H,6-7,16,18-19H2,1-5H3;5H,3-4,6H2,1-2H3,(H2,8,10);1H4/t20-;;/m0../s1. The molecule has 56 heavy (non-hydrogen) atoms. The molecule has 2 aromatic heterocycles. The van der Waals surface area contributed by atoms with E-state index in [2.05, 4.69) is 15.2 Å². The van der Waals surface area contributed by atoms with Crippen molar-refractivity contribution in [1.29, 1.82) is 0 Å². The number of ether oxygens (including phenoxy) is 3. The van der Waals surface area contributed by atoms with Gasteiger partial charge in [-0.1, -0.05) is 7.43 Å². The van der Waals surface area contributed by atoms with Crippen LogP contribution in [0.2, 0.25) is 0 Å². The van der Waals surface area contributed by atoms with Crippen LogP contribution in [0, 0.1) is 0 Å². The molecule has 0 saturated carbocycles. The number of sulfone groups is 1. The average molecular weight is 845 g/mol. The van der Waals surface area contributed by atoms with Gasteiger partial charge in [0.1, 0.15) is 42.3 Å². The smallest absolute Gasteiger partial charge is 0.351 e. The summed E-state index contributed by atoms with van der Waals surface area (Å²) in [7, 11) is -8.27. The zero-order chi connectivity index (χ0) is 40.6. The normalized spacial score (nSPS) is 12.3. The van der Waals surface area contributed by atoms with Crippen LogP contribution in [0.5, 0.6) is 17.2 Å². The van der Waals surface area contributed by atoms with Crippen molar-refractivity contribution in [3.8, 4) is 17.2 Å². The Hall–Kier alpha value is -3.93. The largest absolute Gasteiger partial charge is 0.488 e. The van der Waals surface area contributed by atoms with Crippen LogP contribution in [-0.2, 0) is 60.8 Å². The van der Waals surface area contributed by atoms with E-state index in [1.165, 1.54) is 40.0 Å². The average Bonchev–Trinajstić information content (AvgIpc) is 3.72. The van der Waals surface area contributed by atoms with Crippen LogP contribution in [0.4, 0.5) is 5.95 Å². The molecule has 0 unspecified atom stereocenters.